The van der Waals surface area contributed by atoms with Crippen LogP contribution in [0.2, 0.25) is 0 Å². The lowest BCUT2D eigenvalue weighted by Crippen LogP contribution is -2.37. The standard InChI is InChI=1S/C15H29N/c1-12(2)5-4-8-15(11-16-3)10-13-6-7-14(15)9-13/h12-14,16H,4-11H2,1-3H3. The van der Waals surface area contributed by atoms with Crippen molar-refractivity contribution < 1.29 is 0 Å². The molecule has 0 aromatic carbocycles. The van der Waals surface area contributed by atoms with Gasteiger partial charge in [-0.15, -0.1) is 0 Å². The summed E-state index contributed by atoms with van der Waals surface area (Å²) in [4.78, 5) is 0. The summed E-state index contributed by atoms with van der Waals surface area (Å²) in [6, 6.07) is 0. The lowest BCUT2D eigenvalue weighted by molar-refractivity contribution is 0.140. The average molecular weight is 223 g/mol. The Morgan fingerprint density at radius 2 is 2.12 bits per heavy atom. The third-order valence-corrected chi connectivity index (χ3v) is 5.09. The summed E-state index contributed by atoms with van der Waals surface area (Å²) in [7, 11) is 2.14. The van der Waals surface area contributed by atoms with E-state index in [4.69, 9.17) is 0 Å². The van der Waals surface area contributed by atoms with Gasteiger partial charge in [-0.1, -0.05) is 33.1 Å². The highest BCUT2D eigenvalue weighted by atomic mass is 14.8. The van der Waals surface area contributed by atoms with E-state index in [9.17, 15) is 0 Å². The van der Waals surface area contributed by atoms with Gasteiger partial charge in [-0.3, -0.25) is 0 Å². The van der Waals surface area contributed by atoms with Crippen LogP contribution in [0.15, 0.2) is 0 Å². The van der Waals surface area contributed by atoms with Gasteiger partial charge in [-0.2, -0.15) is 0 Å². The first-order valence-corrected chi connectivity index (χ1v) is 7.31. The Morgan fingerprint density at radius 3 is 2.62 bits per heavy atom. The highest BCUT2D eigenvalue weighted by Gasteiger charge is 2.49. The van der Waals surface area contributed by atoms with Gasteiger partial charge in [0.25, 0.3) is 0 Å². The number of nitrogens with one attached hydrogen (secondary N) is 1. The minimum Gasteiger partial charge on any atom is -0.319 e. The first kappa shape index (κ1) is 12.4. The Hall–Kier alpha value is -0.0400. The molecule has 0 aromatic rings. The van der Waals surface area contributed by atoms with Crippen molar-refractivity contribution in [1.82, 2.24) is 5.32 Å². The molecule has 2 aliphatic carbocycles. The van der Waals surface area contributed by atoms with Crippen LogP contribution in [-0.2, 0) is 0 Å². The maximum Gasteiger partial charge on any atom is 0.000756 e. The van der Waals surface area contributed by atoms with Crippen LogP contribution in [0, 0.1) is 23.2 Å². The van der Waals surface area contributed by atoms with E-state index in [1.54, 1.807) is 6.42 Å². The van der Waals surface area contributed by atoms with Crippen LogP contribution >= 0.6 is 0 Å². The number of rotatable bonds is 6. The smallest absolute Gasteiger partial charge is 0.000756 e. The number of hydrogen-bond donors (Lipinski definition) is 1. The molecule has 2 saturated carbocycles. The van der Waals surface area contributed by atoms with Crippen LogP contribution in [0.25, 0.3) is 0 Å². The van der Waals surface area contributed by atoms with Crippen molar-refractivity contribution in [3.63, 3.8) is 0 Å². The zero-order chi connectivity index (χ0) is 11.6. The predicted octanol–water partition coefficient (Wildman–Crippen LogP) is 3.84. The summed E-state index contributed by atoms with van der Waals surface area (Å²) in [6.07, 6.45) is 10.5. The van der Waals surface area contributed by atoms with Crippen LogP contribution in [0.5, 0.6) is 0 Å². The first-order chi connectivity index (χ1) is 7.66. The lowest BCUT2D eigenvalue weighted by atomic mass is 9.69. The molecular weight excluding hydrogens is 194 g/mol. The van der Waals surface area contributed by atoms with E-state index < -0.39 is 0 Å². The highest BCUT2D eigenvalue weighted by molar-refractivity contribution is 5.01. The molecule has 2 fully saturated rings. The van der Waals surface area contributed by atoms with Gasteiger partial charge in [0.1, 0.15) is 0 Å². The van der Waals surface area contributed by atoms with Gasteiger partial charge in [0.2, 0.25) is 0 Å². The molecule has 0 radical (unpaired) electrons. The van der Waals surface area contributed by atoms with Gasteiger partial charge in [-0.05, 0) is 55.9 Å². The summed E-state index contributed by atoms with van der Waals surface area (Å²) < 4.78 is 0. The summed E-state index contributed by atoms with van der Waals surface area (Å²) in [6.45, 7) is 5.98. The molecule has 2 rings (SSSR count). The van der Waals surface area contributed by atoms with Gasteiger partial charge in [-0.25, -0.2) is 0 Å². The molecule has 2 aliphatic rings. The van der Waals surface area contributed by atoms with Crippen LogP contribution < -0.4 is 5.32 Å². The van der Waals surface area contributed by atoms with E-state index >= 15 is 0 Å². The van der Waals surface area contributed by atoms with Crippen molar-refractivity contribution in [3.05, 3.63) is 0 Å². The van der Waals surface area contributed by atoms with Gasteiger partial charge in [0.15, 0.2) is 0 Å². The molecule has 0 heterocycles. The fourth-order valence-electron chi connectivity index (χ4n) is 4.38. The number of fused-ring (bicyclic) bond motifs is 2. The molecule has 0 aromatic heterocycles. The van der Waals surface area contributed by atoms with Crippen molar-refractivity contribution in [2.45, 2.75) is 58.8 Å². The SMILES string of the molecule is CNCC1(CCCC(C)C)CC2CCC1C2. The van der Waals surface area contributed by atoms with Gasteiger partial charge < -0.3 is 5.32 Å². The molecule has 0 aliphatic heterocycles. The van der Waals surface area contributed by atoms with Gasteiger partial charge >= 0.3 is 0 Å². The molecule has 16 heavy (non-hydrogen) atoms. The Balaban J connectivity index is 1.89. The highest BCUT2D eigenvalue weighted by Crippen LogP contribution is 2.57. The van der Waals surface area contributed by atoms with Gasteiger partial charge in [0, 0.05) is 6.54 Å². The second-order valence-corrected chi connectivity index (χ2v) is 6.76. The molecule has 3 unspecified atom stereocenters. The Kier molecular flexibility index (Phi) is 3.94. The third-order valence-electron chi connectivity index (χ3n) is 5.09. The summed E-state index contributed by atoms with van der Waals surface area (Å²) in [5.41, 5.74) is 0.687. The lowest BCUT2D eigenvalue weighted by Gasteiger charge is -2.38. The summed E-state index contributed by atoms with van der Waals surface area (Å²) in [5, 5.41) is 3.47. The normalized spacial score (nSPS) is 37.5. The minimum atomic E-state index is 0.687. The van der Waals surface area contributed by atoms with Crippen molar-refractivity contribution in [1.29, 1.82) is 0 Å². The quantitative estimate of drug-likeness (QED) is 0.721. The molecule has 2 bridgehead atoms. The molecule has 3 atom stereocenters. The van der Waals surface area contributed by atoms with Crippen molar-refractivity contribution >= 4 is 0 Å². The fourth-order valence-corrected chi connectivity index (χ4v) is 4.38. The Bertz CT molecular complexity index is 223. The van der Waals surface area contributed by atoms with E-state index in [-0.39, 0.29) is 0 Å². The molecule has 1 nitrogen and oxygen atoms in total. The molecular formula is C15H29N. The zero-order valence-corrected chi connectivity index (χ0v) is 11.4. The zero-order valence-electron chi connectivity index (χ0n) is 11.4. The maximum absolute atomic E-state index is 3.47. The van der Waals surface area contributed by atoms with Crippen molar-refractivity contribution in [3.8, 4) is 0 Å². The second-order valence-electron chi connectivity index (χ2n) is 6.76. The topological polar surface area (TPSA) is 12.0 Å². The molecule has 1 heteroatoms. The molecule has 94 valence electrons. The van der Waals surface area contributed by atoms with E-state index in [1.807, 2.05) is 0 Å². The number of hydrogen-bond acceptors (Lipinski definition) is 1. The summed E-state index contributed by atoms with van der Waals surface area (Å²) in [5.74, 6) is 3.01. The van der Waals surface area contributed by atoms with E-state index in [0.717, 1.165) is 17.8 Å². The molecule has 0 amide bonds. The third kappa shape index (κ3) is 2.45. The predicted molar refractivity (Wildman–Crippen MR) is 70.5 cm³/mol. The fraction of sp³-hybridized carbons (Fsp3) is 1.00. The van der Waals surface area contributed by atoms with E-state index in [2.05, 4.69) is 26.2 Å². The van der Waals surface area contributed by atoms with E-state index in [1.165, 1.54) is 45.1 Å². The van der Waals surface area contributed by atoms with Crippen molar-refractivity contribution in [2.75, 3.05) is 13.6 Å². The largest absolute Gasteiger partial charge is 0.319 e. The van der Waals surface area contributed by atoms with Crippen LogP contribution in [0.4, 0.5) is 0 Å². The molecule has 0 spiro atoms. The summed E-state index contributed by atoms with van der Waals surface area (Å²) >= 11 is 0. The van der Waals surface area contributed by atoms with Crippen LogP contribution in [0.3, 0.4) is 0 Å². The minimum absolute atomic E-state index is 0.687. The molecule has 0 saturated heterocycles. The van der Waals surface area contributed by atoms with Crippen molar-refractivity contribution in [2.24, 2.45) is 23.2 Å². The van der Waals surface area contributed by atoms with Crippen LogP contribution in [0.1, 0.15) is 58.8 Å². The van der Waals surface area contributed by atoms with Crippen LogP contribution in [-0.4, -0.2) is 13.6 Å². The average Bonchev–Trinajstić information content (AvgIpc) is 2.77. The maximum atomic E-state index is 3.47. The van der Waals surface area contributed by atoms with E-state index in [0.29, 0.717) is 5.41 Å². The van der Waals surface area contributed by atoms with Gasteiger partial charge in [0.05, 0.1) is 0 Å². The molecule has 1 N–H and O–H groups in total. The first-order valence-electron chi connectivity index (χ1n) is 7.31. The second kappa shape index (κ2) is 5.08. The Labute approximate surface area is 101 Å². The monoisotopic (exact) mass is 223 g/mol. The Morgan fingerprint density at radius 1 is 1.31 bits per heavy atom.